The average Bonchev–Trinajstić information content (AvgIpc) is 3.01. The van der Waals surface area contributed by atoms with Gasteiger partial charge in [0.1, 0.15) is 24.0 Å². The minimum atomic E-state index is -0.773. The van der Waals surface area contributed by atoms with Gasteiger partial charge in [-0.25, -0.2) is 13.8 Å². The van der Waals surface area contributed by atoms with Gasteiger partial charge in [-0.05, 0) is 31.0 Å². The van der Waals surface area contributed by atoms with Crippen molar-refractivity contribution in [1.82, 2.24) is 9.13 Å². The second-order valence-electron chi connectivity index (χ2n) is 5.42. The predicted molar refractivity (Wildman–Crippen MR) is 83.0 cm³/mol. The van der Waals surface area contributed by atoms with Crippen LogP contribution in [-0.2, 0) is 24.3 Å². The molecule has 24 heavy (non-hydrogen) atoms. The molecule has 0 atom stereocenters. The summed E-state index contributed by atoms with van der Waals surface area (Å²) in [6, 6.07) is 7.08. The maximum atomic E-state index is 13.1. The van der Waals surface area contributed by atoms with E-state index in [1.54, 1.807) is 0 Å². The number of hydrogen-bond donors (Lipinski definition) is 1. The number of nitrogens with one attached hydrogen (secondary N) is 1. The summed E-state index contributed by atoms with van der Waals surface area (Å²) < 4.78 is 15.2. The van der Waals surface area contributed by atoms with Crippen LogP contribution in [0.15, 0.2) is 33.9 Å². The Balaban J connectivity index is 1.93. The van der Waals surface area contributed by atoms with Gasteiger partial charge in [-0.3, -0.25) is 14.2 Å². The summed E-state index contributed by atoms with van der Waals surface area (Å²) in [6.07, 6.45) is 1.16. The Morgan fingerprint density at radius 2 is 2.17 bits per heavy atom. The number of nitriles is 1. The van der Waals surface area contributed by atoms with Gasteiger partial charge in [0.25, 0.3) is 5.56 Å². The molecule has 0 unspecified atom stereocenters. The molecule has 0 bridgehead atoms. The molecule has 0 saturated carbocycles. The summed E-state index contributed by atoms with van der Waals surface area (Å²) in [5.74, 6) is -1.17. The molecule has 1 aliphatic heterocycles. The minimum Gasteiger partial charge on any atom is -0.324 e. The van der Waals surface area contributed by atoms with E-state index in [4.69, 9.17) is 0 Å². The zero-order valence-electron chi connectivity index (χ0n) is 12.6. The van der Waals surface area contributed by atoms with Crippen LogP contribution >= 0.6 is 0 Å². The lowest BCUT2D eigenvalue weighted by Gasteiger charge is -2.11. The van der Waals surface area contributed by atoms with E-state index in [-0.39, 0.29) is 11.3 Å². The Morgan fingerprint density at radius 3 is 2.88 bits per heavy atom. The molecule has 1 aliphatic rings. The van der Waals surface area contributed by atoms with Gasteiger partial charge in [-0.15, -0.1) is 0 Å². The van der Waals surface area contributed by atoms with Crippen LogP contribution in [0.4, 0.5) is 10.1 Å². The normalized spacial score (nSPS) is 12.5. The lowest BCUT2D eigenvalue weighted by atomic mass is 10.2. The van der Waals surface area contributed by atoms with Gasteiger partial charge >= 0.3 is 5.69 Å². The molecule has 2 heterocycles. The molecule has 7 nitrogen and oxygen atoms in total. The topological polar surface area (TPSA) is 96.9 Å². The number of aromatic nitrogens is 2. The third-order valence-corrected chi connectivity index (χ3v) is 3.85. The van der Waals surface area contributed by atoms with E-state index >= 15 is 0 Å². The zero-order chi connectivity index (χ0) is 17.3. The van der Waals surface area contributed by atoms with Crippen molar-refractivity contribution >= 4 is 11.6 Å². The Labute approximate surface area is 135 Å². The number of nitrogens with zero attached hydrogens (tertiary/aromatic N) is 3. The number of carbonyl (C=O) groups excluding carboxylic acids is 1. The van der Waals surface area contributed by atoms with Gasteiger partial charge in [-0.1, -0.05) is 6.07 Å². The standard InChI is InChI=1S/C16H13FN4O3/c17-10-3-1-4-11(7-10)19-14(22)9-21-15(23)12(8-18)13-5-2-6-20(13)16(21)24/h1,3-4,7H,2,5-6,9H2,(H,19,22). The van der Waals surface area contributed by atoms with Crippen molar-refractivity contribution < 1.29 is 9.18 Å². The number of amides is 1. The number of anilines is 1. The second kappa shape index (κ2) is 6.12. The monoisotopic (exact) mass is 328 g/mol. The third-order valence-electron chi connectivity index (χ3n) is 3.85. The summed E-state index contributed by atoms with van der Waals surface area (Å²) in [5, 5.41) is 11.6. The molecule has 0 spiro atoms. The number of fused-ring (bicyclic) bond motifs is 1. The molecule has 0 fully saturated rings. The van der Waals surface area contributed by atoms with Gasteiger partial charge in [0, 0.05) is 17.9 Å². The van der Waals surface area contributed by atoms with E-state index in [9.17, 15) is 24.0 Å². The van der Waals surface area contributed by atoms with Crippen LogP contribution in [0.1, 0.15) is 17.7 Å². The molecule has 3 rings (SSSR count). The molecule has 0 saturated heterocycles. The van der Waals surface area contributed by atoms with Gasteiger partial charge in [-0.2, -0.15) is 5.26 Å². The molecule has 2 aromatic rings. The van der Waals surface area contributed by atoms with Crippen molar-refractivity contribution in [2.24, 2.45) is 0 Å². The average molecular weight is 328 g/mol. The first-order valence-electron chi connectivity index (χ1n) is 7.33. The Hall–Kier alpha value is -3.21. The number of carbonyl (C=O) groups is 1. The smallest absolute Gasteiger partial charge is 0.324 e. The van der Waals surface area contributed by atoms with Crippen molar-refractivity contribution in [2.75, 3.05) is 5.32 Å². The van der Waals surface area contributed by atoms with E-state index in [0.29, 0.717) is 25.1 Å². The van der Waals surface area contributed by atoms with E-state index in [1.807, 2.05) is 6.07 Å². The third kappa shape index (κ3) is 2.72. The first kappa shape index (κ1) is 15.7. The van der Waals surface area contributed by atoms with Crippen LogP contribution in [0.3, 0.4) is 0 Å². The van der Waals surface area contributed by atoms with Crippen molar-refractivity contribution in [3.8, 4) is 6.07 Å². The fourth-order valence-corrected chi connectivity index (χ4v) is 2.80. The Morgan fingerprint density at radius 1 is 1.38 bits per heavy atom. The highest BCUT2D eigenvalue weighted by atomic mass is 19.1. The lowest BCUT2D eigenvalue weighted by Crippen LogP contribution is -2.44. The van der Waals surface area contributed by atoms with E-state index in [2.05, 4.69) is 5.32 Å². The van der Waals surface area contributed by atoms with Gasteiger partial charge in [0.05, 0.1) is 0 Å². The highest BCUT2D eigenvalue weighted by molar-refractivity contribution is 5.90. The number of benzene rings is 1. The number of hydrogen-bond acceptors (Lipinski definition) is 4. The van der Waals surface area contributed by atoms with Crippen LogP contribution in [0.5, 0.6) is 0 Å². The molecule has 122 valence electrons. The molecular weight excluding hydrogens is 315 g/mol. The van der Waals surface area contributed by atoms with Crippen LogP contribution < -0.4 is 16.6 Å². The van der Waals surface area contributed by atoms with Crippen LogP contribution in [0, 0.1) is 17.1 Å². The van der Waals surface area contributed by atoms with Crippen LogP contribution in [0.25, 0.3) is 0 Å². The minimum absolute atomic E-state index is 0.106. The van der Waals surface area contributed by atoms with Gasteiger partial charge in [0.15, 0.2) is 0 Å². The lowest BCUT2D eigenvalue weighted by molar-refractivity contribution is -0.116. The molecule has 1 amide bonds. The van der Waals surface area contributed by atoms with Crippen LogP contribution in [-0.4, -0.2) is 15.0 Å². The summed E-state index contributed by atoms with van der Waals surface area (Å²) in [4.78, 5) is 36.8. The fourth-order valence-electron chi connectivity index (χ4n) is 2.80. The molecular formula is C16H13FN4O3. The maximum absolute atomic E-state index is 13.1. The van der Waals surface area contributed by atoms with E-state index < -0.39 is 29.5 Å². The Bertz CT molecular complexity index is 984. The first-order chi connectivity index (χ1) is 11.5. The largest absolute Gasteiger partial charge is 0.331 e. The van der Waals surface area contributed by atoms with Gasteiger partial charge < -0.3 is 5.32 Å². The predicted octanol–water partition coefficient (Wildman–Crippen LogP) is 0.606. The van der Waals surface area contributed by atoms with Crippen molar-refractivity contribution in [3.05, 3.63) is 62.2 Å². The first-order valence-corrected chi connectivity index (χ1v) is 7.33. The summed E-state index contributed by atoms with van der Waals surface area (Å²) in [7, 11) is 0. The SMILES string of the molecule is N#Cc1c2n(c(=O)n(CC(=O)Nc3cccc(F)c3)c1=O)CCC2. The number of rotatable bonds is 3. The Kier molecular flexibility index (Phi) is 4.00. The molecule has 8 heteroatoms. The maximum Gasteiger partial charge on any atom is 0.331 e. The molecule has 0 aliphatic carbocycles. The van der Waals surface area contributed by atoms with Gasteiger partial charge in [0.2, 0.25) is 5.91 Å². The van der Waals surface area contributed by atoms with Crippen molar-refractivity contribution in [1.29, 1.82) is 5.26 Å². The quantitative estimate of drug-likeness (QED) is 0.892. The van der Waals surface area contributed by atoms with Crippen molar-refractivity contribution in [3.63, 3.8) is 0 Å². The highest BCUT2D eigenvalue weighted by Crippen LogP contribution is 2.13. The summed E-state index contributed by atoms with van der Waals surface area (Å²) in [5.41, 5.74) is -0.847. The molecule has 1 N–H and O–H groups in total. The summed E-state index contributed by atoms with van der Waals surface area (Å²) in [6.45, 7) is -0.127. The van der Waals surface area contributed by atoms with Crippen LogP contribution in [0.2, 0.25) is 0 Å². The summed E-state index contributed by atoms with van der Waals surface area (Å²) >= 11 is 0. The number of halogens is 1. The van der Waals surface area contributed by atoms with E-state index in [1.165, 1.54) is 22.8 Å². The van der Waals surface area contributed by atoms with Crippen molar-refractivity contribution in [2.45, 2.75) is 25.9 Å². The second-order valence-corrected chi connectivity index (χ2v) is 5.42. The fraction of sp³-hybridized carbons (Fsp3) is 0.250. The molecule has 1 aromatic carbocycles. The molecule has 1 aromatic heterocycles. The molecule has 0 radical (unpaired) electrons. The van der Waals surface area contributed by atoms with E-state index in [0.717, 1.165) is 10.6 Å². The highest BCUT2D eigenvalue weighted by Gasteiger charge is 2.23. The zero-order valence-corrected chi connectivity index (χ0v) is 12.6.